The van der Waals surface area contributed by atoms with Gasteiger partial charge in [0, 0.05) is 37.8 Å². The smallest absolute Gasteiger partial charge is 0.247 e. The molecule has 0 unspecified atom stereocenters. The highest BCUT2D eigenvalue weighted by Gasteiger charge is 2.29. The number of aryl methyl sites for hydroxylation is 1. The zero-order chi connectivity index (χ0) is 18.3. The minimum atomic E-state index is -0.198. The topological polar surface area (TPSA) is 71.7 Å². The third-order valence-electron chi connectivity index (χ3n) is 4.98. The molecule has 1 aromatic heterocycles. The molecule has 138 valence electrons. The van der Waals surface area contributed by atoms with Gasteiger partial charge >= 0.3 is 0 Å². The average Bonchev–Trinajstić information content (AvgIpc) is 3.10. The maximum atomic E-state index is 11.8. The molecular formula is C19H24N4O3. The summed E-state index contributed by atoms with van der Waals surface area (Å²) in [4.78, 5) is 15.8. The summed E-state index contributed by atoms with van der Waals surface area (Å²) in [6.45, 7) is 6.06. The molecule has 4 rings (SSSR count). The van der Waals surface area contributed by atoms with Crippen LogP contribution in [-0.4, -0.2) is 53.8 Å². The third kappa shape index (κ3) is 3.24. The predicted octanol–water partition coefficient (Wildman–Crippen LogP) is 2.43. The van der Waals surface area contributed by atoms with Crippen molar-refractivity contribution in [2.75, 3.05) is 31.6 Å². The van der Waals surface area contributed by atoms with E-state index in [2.05, 4.69) is 28.2 Å². The molecule has 2 aliphatic rings. The van der Waals surface area contributed by atoms with E-state index in [1.165, 1.54) is 0 Å². The molecule has 1 amide bonds. The fourth-order valence-electron chi connectivity index (χ4n) is 3.84. The van der Waals surface area contributed by atoms with Gasteiger partial charge in [0.15, 0.2) is 0 Å². The van der Waals surface area contributed by atoms with Crippen LogP contribution in [0.3, 0.4) is 0 Å². The molecule has 0 spiro atoms. The summed E-state index contributed by atoms with van der Waals surface area (Å²) in [7, 11) is 2.06. The molecule has 2 atom stereocenters. The van der Waals surface area contributed by atoms with Crippen LogP contribution in [-0.2, 0) is 16.0 Å². The highest BCUT2D eigenvalue weighted by molar-refractivity contribution is 5.93. The van der Waals surface area contributed by atoms with Crippen molar-refractivity contribution in [1.29, 1.82) is 0 Å². The first-order valence-electron chi connectivity index (χ1n) is 9.10. The van der Waals surface area contributed by atoms with Gasteiger partial charge in [-0.15, -0.1) is 10.2 Å². The van der Waals surface area contributed by atoms with Gasteiger partial charge in [-0.05, 0) is 50.6 Å². The number of carbonyl (C=O) groups excluding carboxylic acids is 1. The minimum absolute atomic E-state index is 0.0754. The number of aromatic nitrogens is 2. The van der Waals surface area contributed by atoms with Crippen molar-refractivity contribution >= 4 is 11.6 Å². The fraction of sp³-hybridized carbons (Fsp3) is 0.526. The van der Waals surface area contributed by atoms with Gasteiger partial charge in [0.2, 0.25) is 17.7 Å². The lowest BCUT2D eigenvalue weighted by molar-refractivity contribution is -0.116. The van der Waals surface area contributed by atoms with E-state index in [4.69, 9.17) is 9.15 Å². The molecule has 1 aromatic carbocycles. The van der Waals surface area contributed by atoms with Crippen molar-refractivity contribution < 1.29 is 13.9 Å². The number of nitrogens with zero attached hydrogens (tertiary/aromatic N) is 4. The van der Waals surface area contributed by atoms with Crippen LogP contribution in [0, 0.1) is 0 Å². The Labute approximate surface area is 152 Å². The number of hydrogen-bond donors (Lipinski definition) is 0. The van der Waals surface area contributed by atoms with Crippen molar-refractivity contribution in [3.63, 3.8) is 0 Å². The first-order chi connectivity index (χ1) is 12.5. The van der Waals surface area contributed by atoms with Crippen LogP contribution < -0.4 is 4.90 Å². The van der Waals surface area contributed by atoms with Crippen LogP contribution in [0.15, 0.2) is 22.6 Å². The largest absolute Gasteiger partial charge is 0.418 e. The Kier molecular flexibility index (Phi) is 4.50. The summed E-state index contributed by atoms with van der Waals surface area (Å²) in [6.07, 6.45) is 1.85. The van der Waals surface area contributed by atoms with Gasteiger partial charge in [-0.3, -0.25) is 4.79 Å². The quantitative estimate of drug-likeness (QED) is 0.823. The molecule has 0 radical (unpaired) electrons. The lowest BCUT2D eigenvalue weighted by Crippen LogP contribution is -2.40. The number of rotatable bonds is 2. The lowest BCUT2D eigenvalue weighted by Gasteiger charge is -2.32. The standard InChI is InChI=1S/C19H24N4O3/c1-12-10-22(3)11-17(25-12)19-21-20-18(26-19)15-6-7-16-14(9-15)5-4-8-23(16)13(2)24/h6-7,9,12,17H,4-5,8,10-11H2,1-3H3/t12-,17-/m1/s1. The molecule has 2 aromatic rings. The molecule has 26 heavy (non-hydrogen) atoms. The van der Waals surface area contributed by atoms with E-state index in [1.54, 1.807) is 6.92 Å². The second-order valence-electron chi connectivity index (χ2n) is 7.22. The second-order valence-corrected chi connectivity index (χ2v) is 7.22. The number of hydrogen-bond acceptors (Lipinski definition) is 6. The van der Waals surface area contributed by atoms with Gasteiger partial charge < -0.3 is 19.0 Å². The van der Waals surface area contributed by atoms with E-state index >= 15 is 0 Å². The molecule has 1 saturated heterocycles. The van der Waals surface area contributed by atoms with E-state index < -0.39 is 0 Å². The fourth-order valence-corrected chi connectivity index (χ4v) is 3.84. The Morgan fingerprint density at radius 3 is 2.88 bits per heavy atom. The Balaban J connectivity index is 1.59. The Morgan fingerprint density at radius 1 is 1.27 bits per heavy atom. The van der Waals surface area contributed by atoms with Crippen molar-refractivity contribution in [2.45, 2.75) is 38.9 Å². The van der Waals surface area contributed by atoms with Crippen LogP contribution in [0.1, 0.15) is 37.8 Å². The molecule has 0 aliphatic carbocycles. The molecule has 3 heterocycles. The van der Waals surface area contributed by atoms with Gasteiger partial charge in [-0.25, -0.2) is 0 Å². The molecule has 0 bridgehead atoms. The SMILES string of the molecule is CC(=O)N1CCCc2cc(-c3nnc([C@H]4CN(C)C[C@@H](C)O4)o3)ccc21. The van der Waals surface area contributed by atoms with Gasteiger partial charge in [-0.2, -0.15) is 0 Å². The maximum Gasteiger partial charge on any atom is 0.247 e. The summed E-state index contributed by atoms with van der Waals surface area (Å²) in [6, 6.07) is 5.97. The first-order valence-corrected chi connectivity index (χ1v) is 9.10. The second kappa shape index (κ2) is 6.81. The predicted molar refractivity (Wildman–Crippen MR) is 96.9 cm³/mol. The van der Waals surface area contributed by atoms with E-state index in [0.29, 0.717) is 11.8 Å². The highest BCUT2D eigenvalue weighted by atomic mass is 16.5. The number of ether oxygens (including phenoxy) is 1. The van der Waals surface area contributed by atoms with E-state index in [-0.39, 0.29) is 18.1 Å². The maximum absolute atomic E-state index is 11.8. The summed E-state index contributed by atoms with van der Waals surface area (Å²) in [5.74, 6) is 1.08. The number of anilines is 1. The first kappa shape index (κ1) is 17.2. The van der Waals surface area contributed by atoms with Crippen LogP contribution in [0.2, 0.25) is 0 Å². The molecule has 0 N–H and O–H groups in total. The van der Waals surface area contributed by atoms with Crippen LogP contribution in [0.5, 0.6) is 0 Å². The highest BCUT2D eigenvalue weighted by Crippen LogP contribution is 2.32. The zero-order valence-corrected chi connectivity index (χ0v) is 15.4. The molecular weight excluding hydrogens is 332 g/mol. The van der Waals surface area contributed by atoms with Crippen molar-refractivity contribution in [3.8, 4) is 11.5 Å². The van der Waals surface area contributed by atoms with Crippen molar-refractivity contribution in [2.24, 2.45) is 0 Å². The van der Waals surface area contributed by atoms with E-state index in [0.717, 1.165) is 49.3 Å². The van der Waals surface area contributed by atoms with Crippen molar-refractivity contribution in [3.05, 3.63) is 29.7 Å². The normalized spacial score (nSPS) is 23.7. The van der Waals surface area contributed by atoms with Crippen LogP contribution >= 0.6 is 0 Å². The van der Waals surface area contributed by atoms with Crippen molar-refractivity contribution in [1.82, 2.24) is 15.1 Å². The number of benzene rings is 1. The number of likely N-dealkylation sites (N-methyl/N-ethyl adjacent to an activating group) is 1. The summed E-state index contributed by atoms with van der Waals surface area (Å²) >= 11 is 0. The molecule has 2 aliphatic heterocycles. The Bertz CT molecular complexity index is 809. The lowest BCUT2D eigenvalue weighted by atomic mass is 9.99. The molecule has 7 nitrogen and oxygen atoms in total. The number of amides is 1. The number of fused-ring (bicyclic) bond motifs is 1. The van der Waals surface area contributed by atoms with Gasteiger partial charge in [0.25, 0.3) is 0 Å². The average molecular weight is 356 g/mol. The number of morpholine rings is 1. The van der Waals surface area contributed by atoms with Crippen LogP contribution in [0.25, 0.3) is 11.5 Å². The van der Waals surface area contributed by atoms with E-state index in [9.17, 15) is 4.79 Å². The number of carbonyl (C=O) groups is 1. The monoisotopic (exact) mass is 356 g/mol. The Hall–Kier alpha value is -2.25. The Morgan fingerprint density at radius 2 is 2.12 bits per heavy atom. The molecule has 1 fully saturated rings. The molecule has 7 heteroatoms. The van der Waals surface area contributed by atoms with E-state index in [1.807, 2.05) is 24.0 Å². The van der Waals surface area contributed by atoms with Crippen LogP contribution in [0.4, 0.5) is 5.69 Å². The minimum Gasteiger partial charge on any atom is -0.418 e. The van der Waals surface area contributed by atoms with Gasteiger partial charge in [0.1, 0.15) is 6.10 Å². The molecule has 0 saturated carbocycles. The van der Waals surface area contributed by atoms with Gasteiger partial charge in [0.05, 0.1) is 6.10 Å². The summed E-state index contributed by atoms with van der Waals surface area (Å²) < 4.78 is 11.9. The zero-order valence-electron chi connectivity index (χ0n) is 15.4. The van der Waals surface area contributed by atoms with Gasteiger partial charge in [-0.1, -0.05) is 0 Å². The summed E-state index contributed by atoms with van der Waals surface area (Å²) in [5.41, 5.74) is 3.01. The summed E-state index contributed by atoms with van der Waals surface area (Å²) in [5, 5.41) is 8.43. The third-order valence-corrected chi connectivity index (χ3v) is 4.98.